The van der Waals surface area contributed by atoms with Gasteiger partial charge in [-0.15, -0.1) is 0 Å². The van der Waals surface area contributed by atoms with Crippen molar-refractivity contribution in [2.24, 2.45) is 0 Å². The van der Waals surface area contributed by atoms with E-state index in [0.29, 0.717) is 17.1 Å². The molecular formula is C24H21BrN2O4. The molecule has 158 valence electrons. The molecule has 0 heterocycles. The maximum Gasteiger partial charge on any atom is 0.306 e. The second kappa shape index (κ2) is 11.1. The number of esters is 1. The largest absolute Gasteiger partial charge is 0.456 e. The fourth-order valence-electron chi connectivity index (χ4n) is 2.86. The highest BCUT2D eigenvalue weighted by molar-refractivity contribution is 9.10. The van der Waals surface area contributed by atoms with E-state index in [1.54, 1.807) is 29.2 Å². The predicted molar refractivity (Wildman–Crippen MR) is 123 cm³/mol. The van der Waals surface area contributed by atoms with Crippen LogP contribution in [0.15, 0.2) is 89.4 Å². The molecule has 31 heavy (non-hydrogen) atoms. The van der Waals surface area contributed by atoms with Crippen LogP contribution in [0.5, 0.6) is 0 Å². The van der Waals surface area contributed by atoms with Crippen LogP contribution in [-0.4, -0.2) is 24.4 Å². The minimum Gasteiger partial charge on any atom is -0.456 e. The van der Waals surface area contributed by atoms with Gasteiger partial charge < -0.3 is 10.1 Å². The second-order valence-corrected chi connectivity index (χ2v) is 7.53. The fraction of sp³-hybridized carbons (Fsp3) is 0.125. The highest BCUT2D eigenvalue weighted by atomic mass is 79.9. The Kier molecular flexibility index (Phi) is 7.95. The number of carbonyl (C=O) groups is 3. The minimum atomic E-state index is -0.611. The average molecular weight is 481 g/mol. The van der Waals surface area contributed by atoms with Crippen LogP contribution in [0.1, 0.15) is 12.8 Å². The number of nitrogens with one attached hydrogen (secondary N) is 1. The summed E-state index contributed by atoms with van der Waals surface area (Å²) in [5.74, 6) is -1.30. The van der Waals surface area contributed by atoms with Crippen molar-refractivity contribution in [2.75, 3.05) is 16.8 Å². The van der Waals surface area contributed by atoms with E-state index < -0.39 is 18.5 Å². The molecule has 3 rings (SSSR count). The third-order valence-corrected chi connectivity index (χ3v) is 4.84. The van der Waals surface area contributed by atoms with Crippen LogP contribution >= 0.6 is 15.9 Å². The summed E-state index contributed by atoms with van der Waals surface area (Å²) in [4.78, 5) is 38.5. The Morgan fingerprint density at radius 1 is 0.774 bits per heavy atom. The van der Waals surface area contributed by atoms with Crippen molar-refractivity contribution < 1.29 is 19.1 Å². The van der Waals surface area contributed by atoms with Crippen molar-refractivity contribution >= 4 is 50.8 Å². The lowest BCUT2D eigenvalue weighted by Gasteiger charge is -2.23. The molecule has 0 spiro atoms. The van der Waals surface area contributed by atoms with Crippen LogP contribution in [0.2, 0.25) is 0 Å². The topological polar surface area (TPSA) is 75.7 Å². The number of nitrogens with zero attached hydrogens (tertiary/aromatic N) is 1. The highest BCUT2D eigenvalue weighted by Crippen LogP contribution is 2.26. The van der Waals surface area contributed by atoms with Crippen LogP contribution in [0.25, 0.3) is 0 Å². The van der Waals surface area contributed by atoms with E-state index >= 15 is 0 Å². The maximum atomic E-state index is 12.9. The Balaban J connectivity index is 1.52. The van der Waals surface area contributed by atoms with Crippen molar-refractivity contribution in [3.8, 4) is 0 Å². The molecule has 0 bridgehead atoms. The summed E-state index contributed by atoms with van der Waals surface area (Å²) in [6, 6.07) is 25.5. The molecule has 0 fully saturated rings. The first-order chi connectivity index (χ1) is 15.0. The molecule has 1 N–H and O–H groups in total. The number of benzene rings is 3. The summed E-state index contributed by atoms with van der Waals surface area (Å²) in [6.07, 6.45) is -0.169. The number of carbonyl (C=O) groups excluding carboxylic acids is 3. The van der Waals surface area contributed by atoms with E-state index in [0.717, 1.165) is 4.47 Å². The van der Waals surface area contributed by atoms with Crippen molar-refractivity contribution in [3.63, 3.8) is 0 Å². The first-order valence-electron chi connectivity index (χ1n) is 9.67. The predicted octanol–water partition coefficient (Wildman–Crippen LogP) is 5.08. The van der Waals surface area contributed by atoms with Crippen LogP contribution in [0.3, 0.4) is 0 Å². The molecule has 0 unspecified atom stereocenters. The van der Waals surface area contributed by atoms with E-state index in [1.165, 1.54) is 0 Å². The first-order valence-corrected chi connectivity index (χ1v) is 10.5. The lowest BCUT2D eigenvalue weighted by molar-refractivity contribution is -0.148. The first kappa shape index (κ1) is 22.2. The molecule has 7 heteroatoms. The molecule has 0 saturated heterocycles. The Labute approximate surface area is 189 Å². The maximum absolute atomic E-state index is 12.9. The monoisotopic (exact) mass is 480 g/mol. The zero-order valence-electron chi connectivity index (χ0n) is 16.7. The van der Waals surface area contributed by atoms with Gasteiger partial charge in [0.2, 0.25) is 5.91 Å². The number of amides is 2. The number of ether oxygens (including phenoxy) is 1. The summed E-state index contributed by atoms with van der Waals surface area (Å²) in [7, 11) is 0. The fourth-order valence-corrected chi connectivity index (χ4v) is 3.12. The van der Waals surface area contributed by atoms with Gasteiger partial charge in [-0.25, -0.2) is 0 Å². The van der Waals surface area contributed by atoms with Crippen LogP contribution in [0, 0.1) is 0 Å². The summed E-state index contributed by atoms with van der Waals surface area (Å²) in [6.45, 7) is -0.413. The van der Waals surface area contributed by atoms with Gasteiger partial charge in [0, 0.05) is 28.0 Å². The molecule has 0 saturated carbocycles. The molecule has 0 aliphatic heterocycles. The van der Waals surface area contributed by atoms with Gasteiger partial charge in [0.25, 0.3) is 5.91 Å². The lowest BCUT2D eigenvalue weighted by Crippen LogP contribution is -2.27. The van der Waals surface area contributed by atoms with Gasteiger partial charge in [0.05, 0.1) is 6.42 Å². The standard InChI is InChI=1S/C24H21BrN2O4/c25-18-11-13-19(14-12-18)26-22(28)17-31-24(30)16-15-23(29)27(20-7-3-1-4-8-20)21-9-5-2-6-10-21/h1-14H,15-17H2,(H,26,28). The van der Waals surface area contributed by atoms with E-state index in [1.807, 2.05) is 60.7 Å². The van der Waals surface area contributed by atoms with E-state index in [9.17, 15) is 14.4 Å². The number of hydrogen-bond donors (Lipinski definition) is 1. The van der Waals surface area contributed by atoms with Gasteiger partial charge in [-0.2, -0.15) is 0 Å². The van der Waals surface area contributed by atoms with E-state index in [4.69, 9.17) is 4.74 Å². The van der Waals surface area contributed by atoms with Crippen molar-refractivity contribution in [1.82, 2.24) is 0 Å². The van der Waals surface area contributed by atoms with Crippen molar-refractivity contribution in [3.05, 3.63) is 89.4 Å². The van der Waals surface area contributed by atoms with Gasteiger partial charge >= 0.3 is 5.97 Å². The number of halogens is 1. The molecular weight excluding hydrogens is 460 g/mol. The summed E-state index contributed by atoms with van der Waals surface area (Å²) >= 11 is 3.32. The van der Waals surface area contributed by atoms with Crippen molar-refractivity contribution in [1.29, 1.82) is 0 Å². The number of hydrogen-bond acceptors (Lipinski definition) is 4. The quantitative estimate of drug-likeness (QED) is 0.456. The minimum absolute atomic E-state index is 0.0447. The third-order valence-electron chi connectivity index (χ3n) is 4.31. The normalized spacial score (nSPS) is 10.2. The van der Waals surface area contributed by atoms with Gasteiger partial charge in [-0.3, -0.25) is 19.3 Å². The molecule has 0 aliphatic rings. The van der Waals surface area contributed by atoms with Crippen molar-refractivity contribution in [2.45, 2.75) is 12.8 Å². The third kappa shape index (κ3) is 6.79. The van der Waals surface area contributed by atoms with Crippen LogP contribution < -0.4 is 10.2 Å². The zero-order valence-corrected chi connectivity index (χ0v) is 18.2. The van der Waals surface area contributed by atoms with Gasteiger partial charge in [0.15, 0.2) is 6.61 Å². The molecule has 0 atom stereocenters. The Hall–Kier alpha value is -3.45. The molecule has 3 aromatic carbocycles. The van der Waals surface area contributed by atoms with Gasteiger partial charge in [0.1, 0.15) is 0 Å². The number of anilines is 3. The molecule has 6 nitrogen and oxygen atoms in total. The number of para-hydroxylation sites is 2. The average Bonchev–Trinajstić information content (AvgIpc) is 2.79. The second-order valence-electron chi connectivity index (χ2n) is 6.62. The molecule has 0 aliphatic carbocycles. The molecule has 3 aromatic rings. The SMILES string of the molecule is O=C(COC(=O)CCC(=O)N(c1ccccc1)c1ccccc1)Nc1ccc(Br)cc1. The molecule has 2 amide bonds. The summed E-state index contributed by atoms with van der Waals surface area (Å²) in [5, 5.41) is 2.64. The van der Waals surface area contributed by atoms with E-state index in [-0.39, 0.29) is 18.7 Å². The lowest BCUT2D eigenvalue weighted by atomic mass is 10.2. The molecule has 0 aromatic heterocycles. The Morgan fingerprint density at radius 2 is 1.32 bits per heavy atom. The Bertz CT molecular complexity index is 985. The van der Waals surface area contributed by atoms with Crippen LogP contribution in [-0.2, 0) is 19.1 Å². The summed E-state index contributed by atoms with van der Waals surface area (Å²) < 4.78 is 5.90. The summed E-state index contributed by atoms with van der Waals surface area (Å²) in [5.41, 5.74) is 2.02. The Morgan fingerprint density at radius 3 is 1.87 bits per heavy atom. The van der Waals surface area contributed by atoms with Gasteiger partial charge in [-0.1, -0.05) is 52.3 Å². The van der Waals surface area contributed by atoms with Gasteiger partial charge in [-0.05, 0) is 48.5 Å². The van der Waals surface area contributed by atoms with E-state index in [2.05, 4.69) is 21.2 Å². The highest BCUT2D eigenvalue weighted by Gasteiger charge is 2.19. The number of rotatable bonds is 8. The zero-order chi connectivity index (χ0) is 22.1. The van der Waals surface area contributed by atoms with Crippen LogP contribution in [0.4, 0.5) is 17.1 Å². The smallest absolute Gasteiger partial charge is 0.306 e. The molecule has 0 radical (unpaired) electrons.